The summed E-state index contributed by atoms with van der Waals surface area (Å²) in [6.07, 6.45) is 36.7. The number of nitrogens with zero attached hydrogens (tertiary/aromatic N) is 1. The van der Waals surface area contributed by atoms with Gasteiger partial charge in [0.1, 0.15) is 13.1 Å². The summed E-state index contributed by atoms with van der Waals surface area (Å²) >= 11 is 0. The van der Waals surface area contributed by atoms with Crippen molar-refractivity contribution in [2.24, 2.45) is 5.92 Å². The van der Waals surface area contributed by atoms with Crippen LogP contribution in [0.25, 0.3) is 0 Å². The molecule has 0 aromatic carbocycles. The van der Waals surface area contributed by atoms with Gasteiger partial charge in [0.05, 0.1) is 12.7 Å². The quantitative estimate of drug-likeness (QED) is 0.0437. The fourth-order valence-electron chi connectivity index (χ4n) is 5.89. The van der Waals surface area contributed by atoms with Crippen LogP contribution in [0.2, 0.25) is 0 Å². The van der Waals surface area contributed by atoms with Gasteiger partial charge in [-0.1, -0.05) is 156 Å². The Labute approximate surface area is 313 Å². The van der Waals surface area contributed by atoms with Gasteiger partial charge in [-0.25, -0.2) is 0 Å². The zero-order chi connectivity index (χ0) is 38.2. The fourth-order valence-corrected chi connectivity index (χ4v) is 5.89. The maximum Gasteiger partial charge on any atom is 0.119 e. The summed E-state index contributed by atoms with van der Waals surface area (Å²) in [6, 6.07) is 0. The highest BCUT2D eigenvalue weighted by Crippen LogP contribution is 2.16. The standard InChI is InChI=1S/C18H38O.C17H35NO3.C7H16O.CH2O/c1-4-6-8-10-12-14-16-18(19-3)17-15-13-11-9-7-5-2;1-17(16-21)10-6-8-12-18(13-15-20)11-7-4-2-3-5-9-14-19;1-2-3-4-5-6-7-8;1-2/h18H,4-17H2,1-3H3;14,17,20-21H,2-13,15-16H2,1H3;8H,2-7H2,1H3;1H2. The van der Waals surface area contributed by atoms with Gasteiger partial charge in [0, 0.05) is 33.3 Å². The Bertz CT molecular complexity index is 546. The predicted octanol–water partition coefficient (Wildman–Crippen LogP) is 10.9. The van der Waals surface area contributed by atoms with Crippen LogP contribution in [0.5, 0.6) is 0 Å². The molecule has 0 radical (unpaired) electrons. The number of hydrogen-bond donors (Lipinski definition) is 3. The van der Waals surface area contributed by atoms with Crippen LogP contribution in [0.4, 0.5) is 0 Å². The van der Waals surface area contributed by atoms with Crippen LogP contribution in [0, 0.1) is 5.92 Å². The molecule has 304 valence electrons. The lowest BCUT2D eigenvalue weighted by Crippen LogP contribution is -2.29. The van der Waals surface area contributed by atoms with E-state index in [-0.39, 0.29) is 13.2 Å². The second kappa shape index (κ2) is 54.9. The molecule has 3 N–H and O–H groups in total. The Morgan fingerprint density at radius 1 is 0.540 bits per heavy atom. The SMILES string of the molecule is C=O.CC(CO)CCCCN(CCO)CCCCCCCC=O.CCCCCCCCC(CCCCCCCC)OC.CCCCCCCO. The molecule has 0 aromatic heterocycles. The number of aliphatic hydroxyl groups is 3. The summed E-state index contributed by atoms with van der Waals surface area (Å²) in [5.74, 6) is 0.405. The Hall–Kier alpha value is -0.860. The van der Waals surface area contributed by atoms with Crippen molar-refractivity contribution < 1.29 is 29.6 Å². The van der Waals surface area contributed by atoms with Crippen LogP contribution in [0.15, 0.2) is 0 Å². The van der Waals surface area contributed by atoms with Gasteiger partial charge in [0.25, 0.3) is 0 Å². The van der Waals surface area contributed by atoms with Gasteiger partial charge in [0.2, 0.25) is 0 Å². The first-order chi connectivity index (χ1) is 24.5. The molecule has 0 fully saturated rings. The molecule has 0 heterocycles. The molecule has 0 saturated carbocycles. The van der Waals surface area contributed by atoms with Crippen LogP contribution in [-0.4, -0.2) is 86.0 Å². The Balaban J connectivity index is -0.000000335. The molecule has 0 rings (SSSR count). The van der Waals surface area contributed by atoms with Crippen LogP contribution in [0.1, 0.15) is 207 Å². The summed E-state index contributed by atoms with van der Waals surface area (Å²) in [7, 11) is 1.89. The largest absolute Gasteiger partial charge is 0.396 e. The number of carbonyl (C=O) groups excluding carboxylic acids is 2. The zero-order valence-electron chi connectivity index (χ0n) is 34.5. The zero-order valence-corrected chi connectivity index (χ0v) is 34.5. The fraction of sp³-hybridized carbons (Fsp3) is 0.953. The molecule has 7 nitrogen and oxygen atoms in total. The smallest absolute Gasteiger partial charge is 0.119 e. The van der Waals surface area contributed by atoms with E-state index in [9.17, 15) is 4.79 Å². The Kier molecular flexibility index (Phi) is 61.4. The second-order valence-corrected chi connectivity index (χ2v) is 14.2. The van der Waals surface area contributed by atoms with Gasteiger partial charge in [-0.3, -0.25) is 0 Å². The predicted molar refractivity (Wildman–Crippen MR) is 217 cm³/mol. The van der Waals surface area contributed by atoms with Crippen LogP contribution in [0.3, 0.4) is 0 Å². The summed E-state index contributed by atoms with van der Waals surface area (Å²) < 4.78 is 5.61. The van der Waals surface area contributed by atoms with E-state index in [0.717, 1.165) is 64.4 Å². The van der Waals surface area contributed by atoms with Gasteiger partial charge in [-0.15, -0.1) is 0 Å². The van der Waals surface area contributed by atoms with Crippen molar-refractivity contribution in [3.8, 4) is 0 Å². The number of hydrogen-bond acceptors (Lipinski definition) is 7. The molecule has 7 heteroatoms. The molecule has 0 bridgehead atoms. The second-order valence-electron chi connectivity index (χ2n) is 14.2. The van der Waals surface area contributed by atoms with Crippen molar-refractivity contribution in [2.45, 2.75) is 214 Å². The maximum atomic E-state index is 10.2. The highest BCUT2D eigenvalue weighted by Gasteiger charge is 2.07. The van der Waals surface area contributed by atoms with E-state index >= 15 is 0 Å². The molecule has 0 aliphatic heterocycles. The van der Waals surface area contributed by atoms with Gasteiger partial charge in [-0.05, 0) is 64.0 Å². The number of rotatable bonds is 36. The first-order valence-electron chi connectivity index (χ1n) is 21.3. The number of unbranched alkanes of at least 4 members (excludes halogenated alkanes) is 20. The molecular formula is C43H91NO6. The minimum Gasteiger partial charge on any atom is -0.396 e. The number of aliphatic hydroxyl groups excluding tert-OH is 3. The van der Waals surface area contributed by atoms with Crippen molar-refractivity contribution in [1.29, 1.82) is 0 Å². The monoisotopic (exact) mass is 718 g/mol. The molecule has 50 heavy (non-hydrogen) atoms. The molecule has 0 saturated heterocycles. The Morgan fingerprint density at radius 3 is 1.36 bits per heavy atom. The van der Waals surface area contributed by atoms with Crippen LogP contribution in [-0.2, 0) is 14.3 Å². The minimum absolute atomic E-state index is 0.229. The molecular weight excluding hydrogens is 626 g/mol. The average Bonchev–Trinajstić information content (AvgIpc) is 3.14. The van der Waals surface area contributed by atoms with Gasteiger partial charge < -0.3 is 34.5 Å². The first kappa shape index (κ1) is 55.9. The molecule has 0 aromatic rings. The third-order valence-corrected chi connectivity index (χ3v) is 9.30. The topological polar surface area (TPSA) is 107 Å². The van der Waals surface area contributed by atoms with E-state index in [2.05, 4.69) is 32.6 Å². The summed E-state index contributed by atoms with van der Waals surface area (Å²) in [5.41, 5.74) is 0. The average molecular weight is 718 g/mol. The number of ether oxygens (including phenoxy) is 1. The Morgan fingerprint density at radius 2 is 0.940 bits per heavy atom. The van der Waals surface area contributed by atoms with Gasteiger partial charge in [-0.2, -0.15) is 0 Å². The van der Waals surface area contributed by atoms with Crippen LogP contribution < -0.4 is 0 Å². The summed E-state index contributed by atoms with van der Waals surface area (Å²) in [5, 5.41) is 26.5. The van der Waals surface area contributed by atoms with E-state index < -0.39 is 0 Å². The van der Waals surface area contributed by atoms with Crippen molar-refractivity contribution in [3.63, 3.8) is 0 Å². The van der Waals surface area contributed by atoms with Gasteiger partial charge >= 0.3 is 0 Å². The lowest BCUT2D eigenvalue weighted by atomic mass is 10.0. The lowest BCUT2D eigenvalue weighted by Gasteiger charge is -2.21. The highest BCUT2D eigenvalue weighted by atomic mass is 16.5. The third kappa shape index (κ3) is 53.9. The molecule has 0 amide bonds. The van der Waals surface area contributed by atoms with Crippen molar-refractivity contribution in [2.75, 3.05) is 46.6 Å². The molecule has 1 unspecified atom stereocenters. The highest BCUT2D eigenvalue weighted by molar-refractivity contribution is 5.48. The molecule has 0 aliphatic rings. The minimum atomic E-state index is 0.229. The van der Waals surface area contributed by atoms with Gasteiger partial charge in [0.15, 0.2) is 0 Å². The summed E-state index contributed by atoms with van der Waals surface area (Å²) in [6.45, 7) is 14.6. The third-order valence-electron chi connectivity index (χ3n) is 9.30. The molecule has 0 aliphatic carbocycles. The maximum absolute atomic E-state index is 10.2. The van der Waals surface area contributed by atoms with Crippen LogP contribution >= 0.6 is 0 Å². The normalized spacial score (nSPS) is 11.3. The summed E-state index contributed by atoms with van der Waals surface area (Å²) in [4.78, 5) is 20.5. The molecule has 0 spiro atoms. The van der Waals surface area contributed by atoms with E-state index in [4.69, 9.17) is 24.9 Å². The van der Waals surface area contributed by atoms with E-state index in [1.165, 1.54) is 135 Å². The number of aldehydes is 1. The van der Waals surface area contributed by atoms with Crippen molar-refractivity contribution in [3.05, 3.63) is 0 Å². The lowest BCUT2D eigenvalue weighted by molar-refractivity contribution is -0.108. The van der Waals surface area contributed by atoms with E-state index in [0.29, 0.717) is 25.0 Å². The number of methoxy groups -OCH3 is 1. The number of carbonyl (C=O) groups is 2. The van der Waals surface area contributed by atoms with Crippen molar-refractivity contribution in [1.82, 2.24) is 4.90 Å². The first-order valence-corrected chi connectivity index (χ1v) is 21.3. The van der Waals surface area contributed by atoms with E-state index in [1.807, 2.05) is 13.9 Å². The molecule has 1 atom stereocenters. The van der Waals surface area contributed by atoms with E-state index in [1.54, 1.807) is 0 Å². The van der Waals surface area contributed by atoms with Crippen molar-refractivity contribution >= 4 is 13.1 Å².